The number of Topliss-reactive ketones (excluding diaryl/α,β-unsaturated/α-hetero) is 1. The van der Waals surface area contributed by atoms with Gasteiger partial charge in [-0.25, -0.2) is 0 Å². The van der Waals surface area contributed by atoms with E-state index < -0.39 is 0 Å². The third-order valence-corrected chi connectivity index (χ3v) is 3.75. The second-order valence-corrected chi connectivity index (χ2v) is 5.13. The van der Waals surface area contributed by atoms with E-state index in [1.165, 1.54) is 18.3 Å². The fourth-order valence-corrected chi connectivity index (χ4v) is 2.40. The molecule has 2 aromatic heterocycles. The monoisotopic (exact) mass is 274 g/mol. The maximum Gasteiger partial charge on any atom is 0.261 e. The maximum atomic E-state index is 11.8. The van der Waals surface area contributed by atoms with Crippen molar-refractivity contribution in [1.29, 1.82) is 0 Å². The summed E-state index contributed by atoms with van der Waals surface area (Å²) in [5, 5.41) is 2.82. The Morgan fingerprint density at radius 1 is 1.21 bits per heavy atom. The predicted molar refractivity (Wildman–Crippen MR) is 74.6 cm³/mol. The summed E-state index contributed by atoms with van der Waals surface area (Å²) >= 11 is 1.22. The first-order valence-corrected chi connectivity index (χ1v) is 6.77. The smallest absolute Gasteiger partial charge is 0.261 e. The molecule has 0 aromatic carbocycles. The van der Waals surface area contributed by atoms with Gasteiger partial charge >= 0.3 is 0 Å². The normalized spacial score (nSPS) is 10.2. The van der Waals surface area contributed by atoms with Crippen LogP contribution >= 0.6 is 11.3 Å². The van der Waals surface area contributed by atoms with E-state index >= 15 is 0 Å². The highest BCUT2D eigenvalue weighted by molar-refractivity contribution is 7.15. The van der Waals surface area contributed by atoms with Crippen LogP contribution in [0.4, 0.5) is 0 Å². The quantitative estimate of drug-likeness (QED) is 0.851. The number of amides is 1. The molecule has 0 saturated carbocycles. The summed E-state index contributed by atoms with van der Waals surface area (Å²) in [6.45, 7) is 2.03. The van der Waals surface area contributed by atoms with E-state index in [1.54, 1.807) is 18.3 Å². The number of nitrogens with one attached hydrogen (secondary N) is 1. The molecule has 2 aromatic rings. The van der Waals surface area contributed by atoms with Crippen LogP contribution in [-0.4, -0.2) is 23.2 Å². The van der Waals surface area contributed by atoms with Gasteiger partial charge in [0.1, 0.15) is 0 Å². The van der Waals surface area contributed by atoms with Gasteiger partial charge in [-0.3, -0.25) is 14.6 Å². The average Bonchev–Trinajstić information content (AvgIpc) is 2.89. The molecule has 1 N–H and O–H groups in total. The molecule has 4 nitrogen and oxygen atoms in total. The van der Waals surface area contributed by atoms with Crippen LogP contribution < -0.4 is 5.32 Å². The molecule has 0 aliphatic carbocycles. The SMILES string of the molecule is CC(=O)c1ccc(C(=O)NCCc2ccccn2)s1. The van der Waals surface area contributed by atoms with Gasteiger partial charge in [0.15, 0.2) is 5.78 Å². The van der Waals surface area contributed by atoms with Crippen LogP contribution in [0.3, 0.4) is 0 Å². The highest BCUT2D eigenvalue weighted by atomic mass is 32.1. The van der Waals surface area contributed by atoms with Gasteiger partial charge in [-0.1, -0.05) is 6.07 Å². The number of pyridine rings is 1. The van der Waals surface area contributed by atoms with Crippen molar-refractivity contribution < 1.29 is 9.59 Å². The lowest BCUT2D eigenvalue weighted by atomic mass is 10.2. The third kappa shape index (κ3) is 3.72. The fourth-order valence-electron chi connectivity index (χ4n) is 1.59. The van der Waals surface area contributed by atoms with Crippen LogP contribution in [0.25, 0.3) is 0 Å². The van der Waals surface area contributed by atoms with Crippen LogP contribution in [0, 0.1) is 0 Å². The van der Waals surface area contributed by atoms with Crippen molar-refractivity contribution in [3.63, 3.8) is 0 Å². The number of aromatic nitrogens is 1. The molecule has 0 radical (unpaired) electrons. The van der Waals surface area contributed by atoms with E-state index in [-0.39, 0.29) is 11.7 Å². The molecule has 0 aliphatic rings. The molecule has 2 rings (SSSR count). The molecular weight excluding hydrogens is 260 g/mol. The number of rotatable bonds is 5. The number of thiophene rings is 1. The Hall–Kier alpha value is -2.01. The van der Waals surface area contributed by atoms with Gasteiger partial charge in [0.25, 0.3) is 5.91 Å². The van der Waals surface area contributed by atoms with Gasteiger partial charge in [0.05, 0.1) is 9.75 Å². The van der Waals surface area contributed by atoms with Gasteiger partial charge in [-0.2, -0.15) is 0 Å². The van der Waals surface area contributed by atoms with Gasteiger partial charge in [-0.15, -0.1) is 11.3 Å². The second kappa shape index (κ2) is 6.24. The molecule has 0 atom stereocenters. The topological polar surface area (TPSA) is 59.1 Å². The molecule has 0 fully saturated rings. The summed E-state index contributed by atoms with van der Waals surface area (Å²) in [5.74, 6) is -0.161. The Bertz CT molecular complexity index is 578. The third-order valence-electron chi connectivity index (χ3n) is 2.57. The lowest BCUT2D eigenvalue weighted by molar-refractivity contribution is 0.0957. The Morgan fingerprint density at radius 2 is 2.00 bits per heavy atom. The maximum absolute atomic E-state index is 11.8. The number of nitrogens with zero attached hydrogens (tertiary/aromatic N) is 1. The van der Waals surface area contributed by atoms with Crippen LogP contribution in [0.5, 0.6) is 0 Å². The lowest BCUT2D eigenvalue weighted by Crippen LogP contribution is -2.25. The van der Waals surface area contributed by atoms with Crippen molar-refractivity contribution in [2.75, 3.05) is 6.54 Å². The van der Waals surface area contributed by atoms with Crippen LogP contribution in [0.2, 0.25) is 0 Å². The van der Waals surface area contributed by atoms with Gasteiger partial charge < -0.3 is 5.32 Å². The Labute approximate surface area is 115 Å². The Morgan fingerprint density at radius 3 is 2.63 bits per heavy atom. The molecule has 0 saturated heterocycles. The van der Waals surface area contributed by atoms with Crippen molar-refractivity contribution in [3.05, 3.63) is 52.0 Å². The summed E-state index contributed by atoms with van der Waals surface area (Å²) in [4.78, 5) is 28.3. The first-order chi connectivity index (χ1) is 9.16. The molecule has 98 valence electrons. The van der Waals surface area contributed by atoms with Crippen LogP contribution in [0.15, 0.2) is 36.5 Å². The largest absolute Gasteiger partial charge is 0.351 e. The zero-order valence-electron chi connectivity index (χ0n) is 10.6. The van der Waals surface area contributed by atoms with E-state index in [2.05, 4.69) is 10.3 Å². The number of hydrogen-bond donors (Lipinski definition) is 1. The zero-order valence-corrected chi connectivity index (χ0v) is 11.4. The predicted octanol–water partition coefficient (Wildman–Crippen LogP) is 2.32. The van der Waals surface area contributed by atoms with Crippen LogP contribution in [0.1, 0.15) is 32.0 Å². The fraction of sp³-hybridized carbons (Fsp3) is 0.214. The Balaban J connectivity index is 1.85. The minimum Gasteiger partial charge on any atom is -0.351 e. The van der Waals surface area contributed by atoms with E-state index in [1.807, 2.05) is 18.2 Å². The average molecular weight is 274 g/mol. The molecule has 0 spiro atoms. The molecule has 19 heavy (non-hydrogen) atoms. The summed E-state index contributed by atoms with van der Waals surface area (Å²) in [5.41, 5.74) is 0.943. The zero-order chi connectivity index (χ0) is 13.7. The van der Waals surface area contributed by atoms with Crippen molar-refractivity contribution in [1.82, 2.24) is 10.3 Å². The van der Waals surface area contributed by atoms with Crippen molar-refractivity contribution in [2.24, 2.45) is 0 Å². The number of hydrogen-bond acceptors (Lipinski definition) is 4. The first-order valence-electron chi connectivity index (χ1n) is 5.95. The minimum absolute atomic E-state index is 0.0162. The summed E-state index contributed by atoms with van der Waals surface area (Å²) in [6, 6.07) is 9.06. The summed E-state index contributed by atoms with van der Waals surface area (Å²) in [7, 11) is 0. The molecule has 0 aliphatic heterocycles. The lowest BCUT2D eigenvalue weighted by Gasteiger charge is -2.02. The summed E-state index contributed by atoms with van der Waals surface area (Å²) in [6.07, 6.45) is 2.42. The number of carbonyl (C=O) groups is 2. The van der Waals surface area contributed by atoms with E-state index in [0.717, 1.165) is 5.69 Å². The number of carbonyl (C=O) groups excluding carboxylic acids is 2. The standard InChI is InChI=1S/C14H14N2O2S/c1-10(17)12-5-6-13(19-12)14(18)16-9-7-11-4-2-3-8-15-11/h2-6,8H,7,9H2,1H3,(H,16,18). The minimum atomic E-state index is -0.145. The van der Waals surface area contributed by atoms with Gasteiger partial charge in [0.2, 0.25) is 0 Å². The number of ketones is 1. The molecule has 0 unspecified atom stereocenters. The second-order valence-electron chi connectivity index (χ2n) is 4.05. The molecule has 1 amide bonds. The van der Waals surface area contributed by atoms with Crippen molar-refractivity contribution >= 4 is 23.0 Å². The molecular formula is C14H14N2O2S. The highest BCUT2D eigenvalue weighted by Gasteiger charge is 2.10. The molecule has 2 heterocycles. The van der Waals surface area contributed by atoms with E-state index in [4.69, 9.17) is 0 Å². The van der Waals surface area contributed by atoms with E-state index in [0.29, 0.717) is 22.7 Å². The molecule has 0 bridgehead atoms. The Kier molecular flexibility index (Phi) is 4.41. The van der Waals surface area contributed by atoms with Gasteiger partial charge in [-0.05, 0) is 31.2 Å². The molecule has 5 heteroatoms. The summed E-state index contributed by atoms with van der Waals surface area (Å²) < 4.78 is 0. The van der Waals surface area contributed by atoms with Crippen molar-refractivity contribution in [3.8, 4) is 0 Å². The van der Waals surface area contributed by atoms with Crippen LogP contribution in [-0.2, 0) is 6.42 Å². The van der Waals surface area contributed by atoms with Crippen molar-refractivity contribution in [2.45, 2.75) is 13.3 Å². The first kappa shape index (κ1) is 13.4. The van der Waals surface area contributed by atoms with E-state index in [9.17, 15) is 9.59 Å². The highest BCUT2D eigenvalue weighted by Crippen LogP contribution is 2.16. The van der Waals surface area contributed by atoms with Gasteiger partial charge in [0, 0.05) is 24.9 Å².